The lowest BCUT2D eigenvalue weighted by molar-refractivity contribution is -0.0349. The minimum Gasteiger partial charge on any atom is -0.378 e. The second-order valence-electron chi connectivity index (χ2n) is 6.48. The van der Waals surface area contributed by atoms with Crippen molar-refractivity contribution in [1.82, 2.24) is 10.3 Å². The van der Waals surface area contributed by atoms with Gasteiger partial charge in [0.2, 0.25) is 0 Å². The molecule has 4 heteroatoms. The van der Waals surface area contributed by atoms with Crippen molar-refractivity contribution >= 4 is 11.3 Å². The highest BCUT2D eigenvalue weighted by Crippen LogP contribution is 2.38. The summed E-state index contributed by atoms with van der Waals surface area (Å²) in [6.07, 6.45) is 5.97. The zero-order chi connectivity index (χ0) is 15.3. The molecule has 2 atom stereocenters. The maximum Gasteiger partial charge on any atom is 0.113 e. The summed E-state index contributed by atoms with van der Waals surface area (Å²) in [5, 5.41) is 7.31. The Morgan fingerprint density at radius 2 is 2.24 bits per heavy atom. The molecule has 21 heavy (non-hydrogen) atoms. The first-order chi connectivity index (χ1) is 10.1. The molecule has 0 radical (unpaired) electrons. The molecule has 2 unspecified atom stereocenters. The Labute approximate surface area is 133 Å². The first-order valence-corrected chi connectivity index (χ1v) is 9.31. The van der Waals surface area contributed by atoms with E-state index >= 15 is 0 Å². The number of nitrogens with zero attached hydrogens (tertiary/aromatic N) is 1. The van der Waals surface area contributed by atoms with Gasteiger partial charge in [0.1, 0.15) is 5.01 Å². The average Bonchev–Trinajstić information content (AvgIpc) is 2.96. The van der Waals surface area contributed by atoms with Gasteiger partial charge in [-0.15, -0.1) is 11.3 Å². The van der Waals surface area contributed by atoms with E-state index in [1.807, 2.05) is 11.3 Å². The van der Waals surface area contributed by atoms with Gasteiger partial charge in [0, 0.05) is 12.0 Å². The topological polar surface area (TPSA) is 34.2 Å². The van der Waals surface area contributed by atoms with Gasteiger partial charge < -0.3 is 10.1 Å². The third kappa shape index (κ3) is 4.05. The molecule has 3 nitrogen and oxygen atoms in total. The molecule has 1 aliphatic rings. The van der Waals surface area contributed by atoms with Crippen LogP contribution in [0.5, 0.6) is 0 Å². The van der Waals surface area contributed by atoms with Crippen LogP contribution in [0.3, 0.4) is 0 Å². The molecule has 0 bridgehead atoms. The van der Waals surface area contributed by atoms with Gasteiger partial charge in [-0.3, -0.25) is 0 Å². The van der Waals surface area contributed by atoms with E-state index in [-0.39, 0.29) is 5.54 Å². The van der Waals surface area contributed by atoms with Crippen molar-refractivity contribution in [2.75, 3.05) is 13.2 Å². The van der Waals surface area contributed by atoms with Gasteiger partial charge in [-0.2, -0.15) is 0 Å². The third-order valence-corrected chi connectivity index (χ3v) is 5.37. The van der Waals surface area contributed by atoms with Crippen molar-refractivity contribution < 1.29 is 4.74 Å². The van der Waals surface area contributed by atoms with E-state index in [2.05, 4.69) is 38.4 Å². The molecule has 2 heterocycles. The molecule has 0 aromatic carbocycles. The zero-order valence-corrected chi connectivity index (χ0v) is 14.8. The van der Waals surface area contributed by atoms with Crippen molar-refractivity contribution in [3.8, 4) is 0 Å². The van der Waals surface area contributed by atoms with E-state index in [0.717, 1.165) is 38.8 Å². The Bertz CT molecular complexity index is 430. The minimum absolute atomic E-state index is 0.0336. The number of hydrogen-bond acceptors (Lipinski definition) is 4. The summed E-state index contributed by atoms with van der Waals surface area (Å²) in [6.45, 7) is 10.8. The molecule has 0 amide bonds. The predicted molar refractivity (Wildman–Crippen MR) is 90.1 cm³/mol. The van der Waals surface area contributed by atoms with Crippen molar-refractivity contribution in [3.63, 3.8) is 0 Å². The number of hydrogen-bond donors (Lipinski definition) is 1. The average molecular weight is 311 g/mol. The fourth-order valence-corrected chi connectivity index (χ4v) is 4.22. The lowest BCUT2D eigenvalue weighted by Crippen LogP contribution is -2.49. The molecule has 2 rings (SSSR count). The molecule has 0 aliphatic carbocycles. The molecule has 0 spiro atoms. The van der Waals surface area contributed by atoms with Gasteiger partial charge in [0.25, 0.3) is 0 Å². The highest BCUT2D eigenvalue weighted by atomic mass is 32.1. The number of rotatable bonds is 7. The van der Waals surface area contributed by atoms with E-state index in [1.54, 1.807) is 0 Å². The highest BCUT2D eigenvalue weighted by molar-refractivity contribution is 7.09. The Hall–Kier alpha value is -0.450. The van der Waals surface area contributed by atoms with Crippen LogP contribution in [0, 0.1) is 0 Å². The van der Waals surface area contributed by atoms with Crippen LogP contribution in [0.2, 0.25) is 0 Å². The van der Waals surface area contributed by atoms with Crippen LogP contribution in [0.25, 0.3) is 0 Å². The number of thiazole rings is 1. The molecule has 1 aromatic heterocycles. The maximum absolute atomic E-state index is 5.97. The van der Waals surface area contributed by atoms with Crippen molar-refractivity contribution in [3.05, 3.63) is 16.1 Å². The van der Waals surface area contributed by atoms with Crippen LogP contribution in [-0.4, -0.2) is 24.2 Å². The fraction of sp³-hybridized carbons (Fsp3) is 0.824. The van der Waals surface area contributed by atoms with Gasteiger partial charge >= 0.3 is 0 Å². The first-order valence-electron chi connectivity index (χ1n) is 8.43. The van der Waals surface area contributed by atoms with Gasteiger partial charge in [-0.25, -0.2) is 4.98 Å². The van der Waals surface area contributed by atoms with E-state index in [1.165, 1.54) is 17.1 Å². The molecule has 1 N–H and O–H groups in total. The molecule has 1 aliphatic heterocycles. The van der Waals surface area contributed by atoms with Crippen LogP contribution in [0.1, 0.15) is 76.4 Å². The van der Waals surface area contributed by atoms with Gasteiger partial charge in [-0.05, 0) is 38.1 Å². The van der Waals surface area contributed by atoms with Crippen LogP contribution in [0.4, 0.5) is 0 Å². The first kappa shape index (κ1) is 16.9. The molecular formula is C17H30N2OS. The Morgan fingerprint density at radius 1 is 1.43 bits per heavy atom. The van der Waals surface area contributed by atoms with Crippen LogP contribution in [0.15, 0.2) is 5.38 Å². The Balaban J connectivity index is 2.22. The summed E-state index contributed by atoms with van der Waals surface area (Å²) in [6, 6.07) is 0. The lowest BCUT2D eigenvalue weighted by Gasteiger charge is -2.40. The second-order valence-corrected chi connectivity index (χ2v) is 7.33. The Morgan fingerprint density at radius 3 is 2.86 bits per heavy atom. The molecule has 0 saturated carbocycles. The SMILES string of the molecule is CCCNC1(c2nc(C(C)C)cs2)CCOC(CCC)C1. The van der Waals surface area contributed by atoms with Crippen LogP contribution >= 0.6 is 11.3 Å². The smallest absolute Gasteiger partial charge is 0.113 e. The normalized spacial score (nSPS) is 26.4. The summed E-state index contributed by atoms with van der Waals surface area (Å²) in [5.74, 6) is 0.504. The molecular weight excluding hydrogens is 280 g/mol. The van der Waals surface area contributed by atoms with E-state index in [0.29, 0.717) is 12.0 Å². The van der Waals surface area contributed by atoms with Crippen LogP contribution in [-0.2, 0) is 10.3 Å². The molecule has 1 fully saturated rings. The highest BCUT2D eigenvalue weighted by Gasteiger charge is 2.40. The number of ether oxygens (including phenoxy) is 1. The minimum atomic E-state index is 0.0336. The summed E-state index contributed by atoms with van der Waals surface area (Å²) < 4.78 is 5.97. The quantitative estimate of drug-likeness (QED) is 0.808. The van der Waals surface area contributed by atoms with Crippen molar-refractivity contribution in [2.24, 2.45) is 0 Å². The third-order valence-electron chi connectivity index (χ3n) is 4.31. The molecule has 120 valence electrons. The lowest BCUT2D eigenvalue weighted by atomic mass is 9.85. The van der Waals surface area contributed by atoms with Gasteiger partial charge in [-0.1, -0.05) is 34.1 Å². The molecule has 1 aromatic rings. The maximum atomic E-state index is 5.97. The van der Waals surface area contributed by atoms with E-state index < -0.39 is 0 Å². The number of aromatic nitrogens is 1. The molecule has 1 saturated heterocycles. The van der Waals surface area contributed by atoms with Crippen molar-refractivity contribution in [2.45, 2.75) is 77.4 Å². The fourth-order valence-electron chi connectivity index (χ4n) is 3.02. The summed E-state index contributed by atoms with van der Waals surface area (Å²) >= 11 is 1.82. The zero-order valence-electron chi connectivity index (χ0n) is 13.9. The Kier molecular flexibility index (Phi) is 6.20. The second kappa shape index (κ2) is 7.70. The predicted octanol–water partition coefficient (Wildman–Crippen LogP) is 4.44. The summed E-state index contributed by atoms with van der Waals surface area (Å²) in [7, 11) is 0. The summed E-state index contributed by atoms with van der Waals surface area (Å²) in [5.41, 5.74) is 1.26. The van der Waals surface area contributed by atoms with Gasteiger partial charge in [0.05, 0.1) is 17.3 Å². The van der Waals surface area contributed by atoms with Crippen molar-refractivity contribution in [1.29, 1.82) is 0 Å². The largest absolute Gasteiger partial charge is 0.378 e. The van der Waals surface area contributed by atoms with Gasteiger partial charge in [0.15, 0.2) is 0 Å². The number of nitrogens with one attached hydrogen (secondary N) is 1. The van der Waals surface area contributed by atoms with E-state index in [4.69, 9.17) is 9.72 Å². The standard InChI is InChI=1S/C17H30N2OS/c1-5-7-14-11-17(8-10-20-14,18-9-6-2)16-19-15(12-21-16)13(3)4/h12-14,18H,5-11H2,1-4H3. The van der Waals surface area contributed by atoms with E-state index in [9.17, 15) is 0 Å². The monoisotopic (exact) mass is 310 g/mol. The van der Waals surface area contributed by atoms with Crippen LogP contribution < -0.4 is 5.32 Å². The summed E-state index contributed by atoms with van der Waals surface area (Å²) in [4.78, 5) is 4.95.